The first-order valence-corrected chi connectivity index (χ1v) is 17.9. The van der Waals surface area contributed by atoms with Crippen molar-refractivity contribution < 1.29 is 8.83 Å². The van der Waals surface area contributed by atoms with Gasteiger partial charge in [-0.3, -0.25) is 0 Å². The standard InChI is InChI=1S/C49H30N2O2/c1-2-11-33(12-3-1)49-50-47-44-29-35(21-26-40(44)39-14-6-7-16-43(39)48(47)53-49)32-18-22-36(23-19-32)51(37-24-20-31-10-4-5-13-34(31)28-37)38-25-27-42-41-15-8-9-17-45(41)52-46(42)30-38/h1-30H. The predicted molar refractivity (Wildman–Crippen MR) is 219 cm³/mol. The quantitative estimate of drug-likeness (QED) is 0.170. The largest absolute Gasteiger partial charge is 0.456 e. The Hall–Kier alpha value is -7.17. The van der Waals surface area contributed by atoms with Crippen LogP contribution in [0.4, 0.5) is 17.1 Å². The van der Waals surface area contributed by atoms with Crippen LogP contribution in [0.5, 0.6) is 0 Å². The maximum absolute atomic E-state index is 6.49. The molecule has 0 fully saturated rings. The number of fused-ring (bicyclic) bond motifs is 10. The van der Waals surface area contributed by atoms with E-state index in [-0.39, 0.29) is 0 Å². The summed E-state index contributed by atoms with van der Waals surface area (Å²) < 4.78 is 12.8. The average Bonchev–Trinajstić information content (AvgIpc) is 3.84. The van der Waals surface area contributed by atoms with Gasteiger partial charge in [-0.2, -0.15) is 0 Å². The molecule has 0 atom stereocenters. The molecule has 0 bridgehead atoms. The Morgan fingerprint density at radius 3 is 1.85 bits per heavy atom. The van der Waals surface area contributed by atoms with Gasteiger partial charge in [-0.25, -0.2) is 4.98 Å². The van der Waals surface area contributed by atoms with Gasteiger partial charge >= 0.3 is 0 Å². The molecule has 11 aromatic rings. The Kier molecular flexibility index (Phi) is 6.52. The van der Waals surface area contributed by atoms with E-state index < -0.39 is 0 Å². The number of anilines is 3. The Balaban J connectivity index is 1.05. The van der Waals surface area contributed by atoms with Crippen molar-refractivity contribution >= 4 is 82.4 Å². The van der Waals surface area contributed by atoms with E-state index in [0.29, 0.717) is 5.89 Å². The Labute approximate surface area is 304 Å². The van der Waals surface area contributed by atoms with Crippen LogP contribution in [0.15, 0.2) is 191 Å². The molecule has 0 amide bonds. The number of hydrogen-bond donors (Lipinski definition) is 0. The summed E-state index contributed by atoms with van der Waals surface area (Å²) in [5, 5.41) is 9.08. The van der Waals surface area contributed by atoms with Gasteiger partial charge in [0.05, 0.1) is 0 Å². The van der Waals surface area contributed by atoms with Gasteiger partial charge in [0.1, 0.15) is 16.7 Å². The van der Waals surface area contributed by atoms with Crippen molar-refractivity contribution in [1.29, 1.82) is 0 Å². The Bertz CT molecular complexity index is 3180. The second kappa shape index (κ2) is 11.7. The van der Waals surface area contributed by atoms with Crippen LogP contribution in [0.3, 0.4) is 0 Å². The molecule has 0 aliphatic heterocycles. The van der Waals surface area contributed by atoms with E-state index in [4.69, 9.17) is 13.8 Å². The van der Waals surface area contributed by atoms with E-state index >= 15 is 0 Å². The normalized spacial score (nSPS) is 11.8. The lowest BCUT2D eigenvalue weighted by molar-refractivity contribution is 0.623. The zero-order chi connectivity index (χ0) is 34.9. The second-order valence-corrected chi connectivity index (χ2v) is 13.6. The van der Waals surface area contributed by atoms with Crippen LogP contribution in [-0.2, 0) is 0 Å². The number of furan rings is 1. The first kappa shape index (κ1) is 29.5. The predicted octanol–water partition coefficient (Wildman–Crippen LogP) is 14.0. The van der Waals surface area contributed by atoms with Crippen LogP contribution in [0, 0.1) is 0 Å². The smallest absolute Gasteiger partial charge is 0.227 e. The van der Waals surface area contributed by atoms with Crippen molar-refractivity contribution in [3.05, 3.63) is 182 Å². The number of benzene rings is 9. The van der Waals surface area contributed by atoms with E-state index in [0.717, 1.165) is 88.3 Å². The lowest BCUT2D eigenvalue weighted by atomic mass is 9.96. The van der Waals surface area contributed by atoms with Gasteiger partial charge in [-0.05, 0) is 93.3 Å². The molecule has 2 aromatic heterocycles. The summed E-state index contributed by atoms with van der Waals surface area (Å²) in [4.78, 5) is 7.38. The SMILES string of the molecule is c1ccc(-c2nc3c4cc(-c5ccc(N(c6ccc7ccccc7c6)c6ccc7c(c6)oc6ccccc67)cc5)ccc4c4ccccc4c3o2)cc1. The van der Waals surface area contributed by atoms with E-state index in [1.165, 1.54) is 10.8 Å². The minimum absolute atomic E-state index is 0.627. The summed E-state index contributed by atoms with van der Waals surface area (Å²) in [6.07, 6.45) is 0. The third kappa shape index (κ3) is 4.80. The van der Waals surface area contributed by atoms with E-state index in [1.54, 1.807) is 0 Å². The molecular formula is C49H30N2O2. The molecule has 0 spiro atoms. The van der Waals surface area contributed by atoms with E-state index in [1.807, 2.05) is 42.5 Å². The maximum Gasteiger partial charge on any atom is 0.227 e. The molecule has 53 heavy (non-hydrogen) atoms. The minimum Gasteiger partial charge on any atom is -0.456 e. The van der Waals surface area contributed by atoms with E-state index in [9.17, 15) is 0 Å². The third-order valence-electron chi connectivity index (χ3n) is 10.5. The van der Waals surface area contributed by atoms with Crippen LogP contribution >= 0.6 is 0 Å². The summed E-state index contributed by atoms with van der Waals surface area (Å²) in [6, 6.07) is 63.9. The van der Waals surface area contributed by atoms with E-state index in [2.05, 4.69) is 144 Å². The fraction of sp³-hybridized carbons (Fsp3) is 0. The zero-order valence-corrected chi connectivity index (χ0v) is 28.5. The highest BCUT2D eigenvalue weighted by Gasteiger charge is 2.19. The second-order valence-electron chi connectivity index (χ2n) is 13.6. The maximum atomic E-state index is 6.49. The highest BCUT2D eigenvalue weighted by molar-refractivity contribution is 6.23. The monoisotopic (exact) mass is 678 g/mol. The fourth-order valence-electron chi connectivity index (χ4n) is 7.88. The third-order valence-corrected chi connectivity index (χ3v) is 10.5. The molecule has 9 aromatic carbocycles. The van der Waals surface area contributed by atoms with Gasteiger partial charge in [-0.1, -0.05) is 115 Å². The number of hydrogen-bond acceptors (Lipinski definition) is 4. The van der Waals surface area contributed by atoms with Crippen molar-refractivity contribution in [2.24, 2.45) is 0 Å². The van der Waals surface area contributed by atoms with Gasteiger partial charge in [0.15, 0.2) is 5.58 Å². The number of aromatic nitrogens is 1. The number of oxazole rings is 1. The summed E-state index contributed by atoms with van der Waals surface area (Å²) in [5.74, 6) is 0.627. The molecule has 0 saturated heterocycles. The lowest BCUT2D eigenvalue weighted by Gasteiger charge is -2.26. The van der Waals surface area contributed by atoms with Crippen molar-refractivity contribution in [2.45, 2.75) is 0 Å². The van der Waals surface area contributed by atoms with Crippen molar-refractivity contribution in [1.82, 2.24) is 4.98 Å². The van der Waals surface area contributed by atoms with Gasteiger partial charge in [-0.15, -0.1) is 0 Å². The van der Waals surface area contributed by atoms with Crippen LogP contribution in [-0.4, -0.2) is 4.98 Å². The Morgan fingerprint density at radius 2 is 0.981 bits per heavy atom. The molecule has 0 saturated carbocycles. The number of rotatable bonds is 5. The van der Waals surface area contributed by atoms with Gasteiger partial charge in [0, 0.05) is 50.2 Å². The molecule has 0 unspecified atom stereocenters. The lowest BCUT2D eigenvalue weighted by Crippen LogP contribution is -2.09. The average molecular weight is 679 g/mol. The molecule has 4 heteroatoms. The first-order chi connectivity index (χ1) is 26.2. The minimum atomic E-state index is 0.627. The van der Waals surface area contributed by atoms with Crippen LogP contribution < -0.4 is 4.90 Å². The number of para-hydroxylation sites is 1. The fourth-order valence-corrected chi connectivity index (χ4v) is 7.88. The molecular weight excluding hydrogens is 649 g/mol. The summed E-state index contributed by atoms with van der Waals surface area (Å²) >= 11 is 0. The molecule has 0 radical (unpaired) electrons. The van der Waals surface area contributed by atoms with Crippen LogP contribution in [0.25, 0.3) is 87.9 Å². The highest BCUT2D eigenvalue weighted by atomic mass is 16.3. The first-order valence-electron chi connectivity index (χ1n) is 17.9. The molecule has 4 nitrogen and oxygen atoms in total. The van der Waals surface area contributed by atoms with Gasteiger partial charge in [0.2, 0.25) is 5.89 Å². The summed E-state index contributed by atoms with van der Waals surface area (Å²) in [5.41, 5.74) is 9.80. The van der Waals surface area contributed by atoms with Crippen LogP contribution in [0.2, 0.25) is 0 Å². The summed E-state index contributed by atoms with van der Waals surface area (Å²) in [6.45, 7) is 0. The zero-order valence-electron chi connectivity index (χ0n) is 28.5. The summed E-state index contributed by atoms with van der Waals surface area (Å²) in [7, 11) is 0. The van der Waals surface area contributed by atoms with Crippen molar-refractivity contribution in [3.63, 3.8) is 0 Å². The van der Waals surface area contributed by atoms with Crippen molar-refractivity contribution in [2.75, 3.05) is 4.90 Å². The van der Waals surface area contributed by atoms with Crippen LogP contribution in [0.1, 0.15) is 0 Å². The molecule has 0 aliphatic carbocycles. The molecule has 11 rings (SSSR count). The molecule has 0 N–H and O–H groups in total. The van der Waals surface area contributed by atoms with Gasteiger partial charge in [0.25, 0.3) is 0 Å². The number of nitrogens with zero attached hydrogens (tertiary/aromatic N) is 2. The van der Waals surface area contributed by atoms with Crippen molar-refractivity contribution in [3.8, 4) is 22.6 Å². The molecule has 248 valence electrons. The molecule has 2 heterocycles. The highest BCUT2D eigenvalue weighted by Crippen LogP contribution is 2.42. The Morgan fingerprint density at radius 1 is 0.358 bits per heavy atom. The molecule has 0 aliphatic rings. The van der Waals surface area contributed by atoms with Gasteiger partial charge < -0.3 is 13.7 Å². The topological polar surface area (TPSA) is 42.4 Å².